The number of aryl methyl sites for hydroxylation is 1. The molecule has 4 heteroatoms. The molecule has 1 aromatic heterocycles. The van der Waals surface area contributed by atoms with E-state index in [0.717, 1.165) is 24.1 Å². The van der Waals surface area contributed by atoms with Crippen molar-refractivity contribution in [1.82, 2.24) is 14.9 Å². The Balaban J connectivity index is 1.94. The van der Waals surface area contributed by atoms with Crippen LogP contribution >= 0.6 is 11.8 Å². The molecule has 19 heavy (non-hydrogen) atoms. The molecule has 2 rings (SSSR count). The summed E-state index contributed by atoms with van der Waals surface area (Å²) in [7, 11) is 0. The van der Waals surface area contributed by atoms with Crippen LogP contribution in [-0.4, -0.2) is 27.1 Å². The van der Waals surface area contributed by atoms with E-state index >= 15 is 0 Å². The first kappa shape index (κ1) is 14.9. The fraction of sp³-hybridized carbons (Fsp3) is 0.800. The van der Waals surface area contributed by atoms with Crippen molar-refractivity contribution in [1.29, 1.82) is 0 Å². The molecule has 1 atom stereocenters. The van der Waals surface area contributed by atoms with Gasteiger partial charge in [-0.2, -0.15) is 11.8 Å². The van der Waals surface area contributed by atoms with Gasteiger partial charge in [-0.3, -0.25) is 0 Å². The van der Waals surface area contributed by atoms with Gasteiger partial charge in [0.2, 0.25) is 0 Å². The highest BCUT2D eigenvalue weighted by Crippen LogP contribution is 2.31. The predicted octanol–water partition coefficient (Wildman–Crippen LogP) is 3.62. The Morgan fingerprint density at radius 1 is 1.42 bits per heavy atom. The lowest BCUT2D eigenvalue weighted by molar-refractivity contribution is 0.522. The van der Waals surface area contributed by atoms with E-state index in [2.05, 4.69) is 46.7 Å². The Morgan fingerprint density at radius 3 is 2.89 bits per heavy atom. The van der Waals surface area contributed by atoms with Crippen molar-refractivity contribution in [3.63, 3.8) is 0 Å². The van der Waals surface area contributed by atoms with Crippen LogP contribution in [0.4, 0.5) is 0 Å². The van der Waals surface area contributed by atoms with Crippen LogP contribution in [0.5, 0.6) is 0 Å². The second-order valence-electron chi connectivity index (χ2n) is 5.32. The molecule has 1 aliphatic carbocycles. The Morgan fingerprint density at radius 2 is 2.21 bits per heavy atom. The second-order valence-corrected chi connectivity index (χ2v) is 6.65. The van der Waals surface area contributed by atoms with E-state index in [9.17, 15) is 0 Å². The third-order valence-electron chi connectivity index (χ3n) is 3.84. The summed E-state index contributed by atoms with van der Waals surface area (Å²) in [4.78, 5) is 4.57. The third kappa shape index (κ3) is 4.25. The molecule has 0 aromatic carbocycles. The van der Waals surface area contributed by atoms with Crippen molar-refractivity contribution in [2.75, 3.05) is 12.3 Å². The van der Waals surface area contributed by atoms with Crippen molar-refractivity contribution < 1.29 is 0 Å². The lowest BCUT2D eigenvalue weighted by atomic mass is 10.3. The molecule has 1 aliphatic rings. The fourth-order valence-electron chi connectivity index (χ4n) is 2.73. The van der Waals surface area contributed by atoms with Crippen LogP contribution in [0.15, 0.2) is 12.4 Å². The van der Waals surface area contributed by atoms with E-state index in [1.54, 1.807) is 0 Å². The van der Waals surface area contributed by atoms with Gasteiger partial charge in [0, 0.05) is 29.9 Å². The summed E-state index contributed by atoms with van der Waals surface area (Å²) in [6, 6.07) is 0.403. The van der Waals surface area contributed by atoms with Gasteiger partial charge in [-0.25, -0.2) is 4.98 Å². The lowest BCUT2D eigenvalue weighted by Crippen LogP contribution is -2.27. The molecule has 0 aliphatic heterocycles. The summed E-state index contributed by atoms with van der Waals surface area (Å²) in [5, 5.41) is 4.55. The van der Waals surface area contributed by atoms with Gasteiger partial charge in [0.05, 0.1) is 6.04 Å². The Hall–Kier alpha value is -0.480. The minimum atomic E-state index is 0.403. The van der Waals surface area contributed by atoms with Gasteiger partial charge in [-0.1, -0.05) is 19.8 Å². The van der Waals surface area contributed by atoms with Crippen LogP contribution in [0, 0.1) is 0 Å². The number of hydrogen-bond donors (Lipinski definition) is 1. The molecule has 0 saturated heterocycles. The maximum absolute atomic E-state index is 4.57. The Bertz CT molecular complexity index is 358. The molecule has 0 radical (unpaired) electrons. The largest absolute Gasteiger partial charge is 0.334 e. The number of rotatable bonds is 8. The molecule has 1 aromatic rings. The number of thioether (sulfide) groups is 1. The summed E-state index contributed by atoms with van der Waals surface area (Å²) in [6.45, 7) is 6.49. The molecule has 1 heterocycles. The molecule has 1 fully saturated rings. The molecule has 1 N–H and O–H groups in total. The van der Waals surface area contributed by atoms with Crippen LogP contribution in [-0.2, 0) is 6.54 Å². The zero-order valence-corrected chi connectivity index (χ0v) is 13.1. The topological polar surface area (TPSA) is 29.9 Å². The van der Waals surface area contributed by atoms with Gasteiger partial charge in [-0.15, -0.1) is 0 Å². The van der Waals surface area contributed by atoms with Gasteiger partial charge >= 0.3 is 0 Å². The highest BCUT2D eigenvalue weighted by Gasteiger charge is 2.20. The minimum absolute atomic E-state index is 0.403. The number of nitrogens with one attached hydrogen (secondary N) is 1. The molecule has 0 bridgehead atoms. The van der Waals surface area contributed by atoms with Gasteiger partial charge in [0.1, 0.15) is 5.82 Å². The van der Waals surface area contributed by atoms with Crippen molar-refractivity contribution in [3.05, 3.63) is 18.2 Å². The first-order valence-electron chi connectivity index (χ1n) is 7.71. The number of aromatic nitrogens is 2. The summed E-state index contributed by atoms with van der Waals surface area (Å²) < 4.78 is 2.27. The van der Waals surface area contributed by atoms with E-state index in [1.807, 2.05) is 6.20 Å². The Labute approximate surface area is 121 Å². The van der Waals surface area contributed by atoms with E-state index < -0.39 is 0 Å². The van der Waals surface area contributed by atoms with Crippen molar-refractivity contribution >= 4 is 11.8 Å². The van der Waals surface area contributed by atoms with Crippen LogP contribution in [0.3, 0.4) is 0 Å². The number of imidazole rings is 1. The van der Waals surface area contributed by atoms with E-state index in [-0.39, 0.29) is 0 Å². The molecular formula is C15H27N3S. The van der Waals surface area contributed by atoms with Crippen LogP contribution in [0.2, 0.25) is 0 Å². The van der Waals surface area contributed by atoms with E-state index in [0.29, 0.717) is 6.04 Å². The first-order chi connectivity index (χ1) is 9.35. The zero-order chi connectivity index (χ0) is 13.5. The minimum Gasteiger partial charge on any atom is -0.334 e. The normalized spacial score (nSPS) is 18.0. The second kappa shape index (κ2) is 7.95. The standard InChI is InChI=1S/C15H27N3S/c1-3-9-16-14(12-19-13-7-5-6-8-13)15-17-10-11-18(15)4-2/h10-11,13-14,16H,3-9,12H2,1-2H3. The lowest BCUT2D eigenvalue weighted by Gasteiger charge is -2.20. The van der Waals surface area contributed by atoms with Crippen LogP contribution in [0.25, 0.3) is 0 Å². The predicted molar refractivity (Wildman–Crippen MR) is 83.6 cm³/mol. The average Bonchev–Trinajstić information content (AvgIpc) is 3.09. The number of nitrogens with zero attached hydrogens (tertiary/aromatic N) is 2. The molecular weight excluding hydrogens is 254 g/mol. The quantitative estimate of drug-likeness (QED) is 0.789. The molecule has 1 saturated carbocycles. The zero-order valence-electron chi connectivity index (χ0n) is 12.3. The molecule has 3 nitrogen and oxygen atoms in total. The summed E-state index contributed by atoms with van der Waals surface area (Å²) >= 11 is 2.14. The third-order valence-corrected chi connectivity index (χ3v) is 5.31. The van der Waals surface area contributed by atoms with Gasteiger partial charge in [-0.05, 0) is 32.7 Å². The summed E-state index contributed by atoms with van der Waals surface area (Å²) in [5.41, 5.74) is 0. The van der Waals surface area contributed by atoms with Crippen LogP contribution < -0.4 is 5.32 Å². The van der Waals surface area contributed by atoms with E-state index in [1.165, 1.54) is 37.9 Å². The van der Waals surface area contributed by atoms with Crippen molar-refractivity contribution in [3.8, 4) is 0 Å². The average molecular weight is 281 g/mol. The molecule has 0 spiro atoms. The van der Waals surface area contributed by atoms with Gasteiger partial charge < -0.3 is 9.88 Å². The summed E-state index contributed by atoms with van der Waals surface area (Å²) in [5.74, 6) is 2.36. The Kier molecular flexibility index (Phi) is 6.24. The molecule has 0 amide bonds. The van der Waals surface area contributed by atoms with Crippen molar-refractivity contribution in [2.24, 2.45) is 0 Å². The number of hydrogen-bond acceptors (Lipinski definition) is 3. The SMILES string of the molecule is CCCNC(CSC1CCCC1)c1nccn1CC. The maximum atomic E-state index is 4.57. The van der Waals surface area contributed by atoms with E-state index in [4.69, 9.17) is 0 Å². The molecule has 108 valence electrons. The summed E-state index contributed by atoms with van der Waals surface area (Å²) in [6.07, 6.45) is 10.9. The monoisotopic (exact) mass is 281 g/mol. The first-order valence-corrected chi connectivity index (χ1v) is 8.76. The molecule has 1 unspecified atom stereocenters. The highest BCUT2D eigenvalue weighted by molar-refractivity contribution is 7.99. The van der Waals surface area contributed by atoms with Gasteiger partial charge in [0.25, 0.3) is 0 Å². The van der Waals surface area contributed by atoms with Crippen LogP contribution in [0.1, 0.15) is 57.8 Å². The van der Waals surface area contributed by atoms with Crippen molar-refractivity contribution in [2.45, 2.75) is 63.8 Å². The maximum Gasteiger partial charge on any atom is 0.126 e. The fourth-order valence-corrected chi connectivity index (χ4v) is 4.13. The van der Waals surface area contributed by atoms with Gasteiger partial charge in [0.15, 0.2) is 0 Å². The highest BCUT2D eigenvalue weighted by atomic mass is 32.2. The smallest absolute Gasteiger partial charge is 0.126 e.